The number of hydrogen-bond donors (Lipinski definition) is 1. The summed E-state index contributed by atoms with van der Waals surface area (Å²) >= 11 is 5.93. The number of hydrogen-bond acceptors (Lipinski definition) is 3. The molecule has 0 spiro atoms. The average molecular weight is 404 g/mol. The summed E-state index contributed by atoms with van der Waals surface area (Å²) in [5, 5.41) is 6.68. The van der Waals surface area contributed by atoms with Gasteiger partial charge in [0.25, 0.3) is 0 Å². The molecular weight excluding hydrogens is 382 g/mol. The predicted molar refractivity (Wildman–Crippen MR) is 120 cm³/mol. The molecule has 29 heavy (non-hydrogen) atoms. The van der Waals surface area contributed by atoms with Crippen LogP contribution in [0.15, 0.2) is 84.9 Å². The van der Waals surface area contributed by atoms with Crippen molar-refractivity contribution in [3.63, 3.8) is 0 Å². The van der Waals surface area contributed by atoms with E-state index in [1.54, 1.807) is 7.11 Å². The Balaban J connectivity index is 1.45. The fraction of sp³-hybridized carbons (Fsp3) is 0.120. The molecule has 0 unspecified atom stereocenters. The van der Waals surface area contributed by atoms with Crippen LogP contribution in [0.3, 0.4) is 0 Å². The monoisotopic (exact) mass is 403 g/mol. The van der Waals surface area contributed by atoms with Crippen molar-refractivity contribution in [1.82, 2.24) is 0 Å². The summed E-state index contributed by atoms with van der Waals surface area (Å²) < 4.78 is 11.5. The van der Waals surface area contributed by atoms with E-state index in [1.807, 2.05) is 36.4 Å². The first-order valence-corrected chi connectivity index (χ1v) is 9.86. The summed E-state index contributed by atoms with van der Waals surface area (Å²) in [6.07, 6.45) is 0. The number of halogens is 1. The first kappa shape index (κ1) is 19.2. The van der Waals surface area contributed by atoms with E-state index >= 15 is 0 Å². The maximum Gasteiger partial charge on any atom is 0.161 e. The highest BCUT2D eigenvalue weighted by Crippen LogP contribution is 2.30. The van der Waals surface area contributed by atoms with E-state index in [2.05, 4.69) is 53.8 Å². The summed E-state index contributed by atoms with van der Waals surface area (Å²) in [7, 11) is 1.66. The minimum absolute atomic E-state index is 0.459. The lowest BCUT2D eigenvalue weighted by Gasteiger charge is -2.14. The SMILES string of the molecule is COc1cc(CNc2cccc3ccccc23)ccc1OCc1ccc(Cl)cc1. The molecule has 0 bridgehead atoms. The van der Waals surface area contributed by atoms with Crippen LogP contribution < -0.4 is 14.8 Å². The Bertz CT molecular complexity index is 1100. The number of methoxy groups -OCH3 is 1. The number of anilines is 1. The van der Waals surface area contributed by atoms with Crippen molar-refractivity contribution in [3.05, 3.63) is 101 Å². The van der Waals surface area contributed by atoms with Crippen LogP contribution >= 0.6 is 11.6 Å². The zero-order chi connectivity index (χ0) is 20.1. The van der Waals surface area contributed by atoms with Crippen molar-refractivity contribution in [1.29, 1.82) is 0 Å². The Hall–Kier alpha value is -3.17. The molecule has 4 aromatic carbocycles. The molecule has 1 N–H and O–H groups in total. The van der Waals surface area contributed by atoms with E-state index in [0.29, 0.717) is 13.2 Å². The van der Waals surface area contributed by atoms with Crippen LogP contribution in [0.2, 0.25) is 5.02 Å². The average Bonchev–Trinajstić information content (AvgIpc) is 2.77. The van der Waals surface area contributed by atoms with E-state index < -0.39 is 0 Å². The van der Waals surface area contributed by atoms with Crippen molar-refractivity contribution in [2.24, 2.45) is 0 Å². The molecule has 0 aliphatic heterocycles. The maximum atomic E-state index is 5.94. The molecule has 4 rings (SSSR count). The van der Waals surface area contributed by atoms with Gasteiger partial charge in [0.2, 0.25) is 0 Å². The van der Waals surface area contributed by atoms with Crippen molar-refractivity contribution in [3.8, 4) is 11.5 Å². The van der Waals surface area contributed by atoms with Crippen LogP contribution in [0.5, 0.6) is 11.5 Å². The molecule has 0 aliphatic rings. The molecule has 146 valence electrons. The van der Waals surface area contributed by atoms with E-state index in [9.17, 15) is 0 Å². The number of ether oxygens (including phenoxy) is 2. The van der Waals surface area contributed by atoms with Crippen LogP contribution in [-0.4, -0.2) is 7.11 Å². The van der Waals surface area contributed by atoms with Crippen molar-refractivity contribution >= 4 is 28.1 Å². The molecule has 0 radical (unpaired) electrons. The quantitative estimate of drug-likeness (QED) is 0.372. The Morgan fingerprint density at radius 2 is 1.55 bits per heavy atom. The van der Waals surface area contributed by atoms with Gasteiger partial charge in [0.1, 0.15) is 6.61 Å². The molecule has 0 aliphatic carbocycles. The van der Waals surface area contributed by atoms with Gasteiger partial charge >= 0.3 is 0 Å². The Labute approximate surface area is 175 Å². The highest BCUT2D eigenvalue weighted by atomic mass is 35.5. The van der Waals surface area contributed by atoms with Gasteiger partial charge in [-0.1, -0.05) is 66.2 Å². The third-order valence-corrected chi connectivity index (χ3v) is 5.06. The lowest BCUT2D eigenvalue weighted by atomic mass is 10.1. The third kappa shape index (κ3) is 4.64. The molecule has 0 saturated heterocycles. The second kappa shape index (κ2) is 8.89. The van der Waals surface area contributed by atoms with Gasteiger partial charge in [-0.05, 0) is 46.8 Å². The molecule has 0 saturated carbocycles. The second-order valence-electron chi connectivity index (χ2n) is 6.78. The van der Waals surface area contributed by atoms with Crippen molar-refractivity contribution in [2.75, 3.05) is 12.4 Å². The second-order valence-corrected chi connectivity index (χ2v) is 7.22. The van der Waals surface area contributed by atoms with Gasteiger partial charge in [0, 0.05) is 22.6 Å². The minimum Gasteiger partial charge on any atom is -0.493 e. The molecule has 0 aromatic heterocycles. The van der Waals surface area contributed by atoms with Gasteiger partial charge in [-0.3, -0.25) is 0 Å². The fourth-order valence-corrected chi connectivity index (χ4v) is 3.39. The van der Waals surface area contributed by atoms with Crippen LogP contribution in [0.1, 0.15) is 11.1 Å². The Morgan fingerprint density at radius 1 is 0.793 bits per heavy atom. The first-order valence-electron chi connectivity index (χ1n) is 9.49. The zero-order valence-corrected chi connectivity index (χ0v) is 16.9. The lowest BCUT2D eigenvalue weighted by Crippen LogP contribution is -2.02. The number of benzene rings is 4. The third-order valence-electron chi connectivity index (χ3n) is 4.81. The topological polar surface area (TPSA) is 30.5 Å². The zero-order valence-electron chi connectivity index (χ0n) is 16.2. The first-order chi connectivity index (χ1) is 14.2. The van der Waals surface area contributed by atoms with Crippen LogP contribution in [0.25, 0.3) is 10.8 Å². The Kier molecular flexibility index (Phi) is 5.87. The summed E-state index contributed by atoms with van der Waals surface area (Å²) in [4.78, 5) is 0. The largest absolute Gasteiger partial charge is 0.493 e. The highest BCUT2D eigenvalue weighted by Gasteiger charge is 2.07. The molecule has 4 aromatic rings. The minimum atomic E-state index is 0.459. The number of nitrogens with one attached hydrogen (secondary N) is 1. The Morgan fingerprint density at radius 3 is 2.38 bits per heavy atom. The summed E-state index contributed by atoms with van der Waals surface area (Å²) in [6, 6.07) is 28.3. The molecule has 0 atom stereocenters. The van der Waals surface area contributed by atoms with E-state index in [4.69, 9.17) is 21.1 Å². The molecule has 0 heterocycles. The van der Waals surface area contributed by atoms with Gasteiger partial charge in [-0.25, -0.2) is 0 Å². The highest BCUT2D eigenvalue weighted by molar-refractivity contribution is 6.30. The van der Waals surface area contributed by atoms with E-state index in [0.717, 1.165) is 33.3 Å². The van der Waals surface area contributed by atoms with Crippen LogP contribution in [0.4, 0.5) is 5.69 Å². The fourth-order valence-electron chi connectivity index (χ4n) is 3.26. The molecule has 0 amide bonds. The normalized spacial score (nSPS) is 10.7. The number of rotatable bonds is 7. The van der Waals surface area contributed by atoms with Gasteiger partial charge in [0.05, 0.1) is 7.11 Å². The van der Waals surface area contributed by atoms with Gasteiger partial charge < -0.3 is 14.8 Å². The summed E-state index contributed by atoms with van der Waals surface area (Å²) in [6.45, 7) is 1.16. The van der Waals surface area contributed by atoms with Crippen LogP contribution in [0, 0.1) is 0 Å². The van der Waals surface area contributed by atoms with Gasteiger partial charge in [-0.15, -0.1) is 0 Å². The standard InChI is InChI=1S/C25H22ClNO2/c1-28-25-15-19(11-14-24(25)29-17-18-9-12-21(26)13-10-18)16-27-23-8-4-6-20-5-2-3-7-22(20)23/h2-15,27H,16-17H2,1H3. The summed E-state index contributed by atoms with van der Waals surface area (Å²) in [5.74, 6) is 1.44. The van der Waals surface area contributed by atoms with Crippen molar-refractivity contribution < 1.29 is 9.47 Å². The summed E-state index contributed by atoms with van der Waals surface area (Å²) in [5.41, 5.74) is 3.29. The van der Waals surface area contributed by atoms with Crippen LogP contribution in [-0.2, 0) is 13.2 Å². The molecule has 4 heteroatoms. The van der Waals surface area contributed by atoms with E-state index in [-0.39, 0.29) is 0 Å². The lowest BCUT2D eigenvalue weighted by molar-refractivity contribution is 0.284. The molecular formula is C25H22ClNO2. The van der Waals surface area contributed by atoms with Crippen molar-refractivity contribution in [2.45, 2.75) is 13.2 Å². The van der Waals surface area contributed by atoms with E-state index in [1.165, 1.54) is 10.8 Å². The molecule has 3 nitrogen and oxygen atoms in total. The van der Waals surface area contributed by atoms with Gasteiger partial charge in [-0.2, -0.15) is 0 Å². The predicted octanol–water partition coefficient (Wildman–Crippen LogP) is 6.69. The number of fused-ring (bicyclic) bond motifs is 1. The molecule has 0 fully saturated rings. The smallest absolute Gasteiger partial charge is 0.161 e. The maximum absolute atomic E-state index is 5.94. The van der Waals surface area contributed by atoms with Gasteiger partial charge in [0.15, 0.2) is 11.5 Å².